The van der Waals surface area contributed by atoms with Gasteiger partial charge in [0, 0.05) is 18.1 Å². The number of pyridine rings is 1. The molecular formula is C23H22N6O4. The molecule has 33 heavy (non-hydrogen) atoms. The van der Waals surface area contributed by atoms with Crippen molar-refractivity contribution in [1.82, 2.24) is 24.1 Å². The van der Waals surface area contributed by atoms with Crippen molar-refractivity contribution in [1.29, 1.82) is 0 Å². The lowest BCUT2D eigenvalue weighted by Crippen LogP contribution is -2.20. The summed E-state index contributed by atoms with van der Waals surface area (Å²) in [5, 5.41) is 14.3. The molecule has 168 valence electrons. The van der Waals surface area contributed by atoms with Crippen LogP contribution in [-0.4, -0.2) is 43.0 Å². The largest absolute Gasteiger partial charge is 0.496 e. The van der Waals surface area contributed by atoms with Crippen LogP contribution < -0.4 is 16.2 Å². The molecule has 5 rings (SSSR count). The standard InChI is InChI=1S/C23H22N6O4/c1-32-18-11-15(10-16(13-30)25-18)19-20(14-6-3-2-4-7-14)26-22(24)29-21(19)27-28(23(29)31)12-17-8-5-9-33-17/h2-4,6-7,10-12,30H,5,8-9,13H2,1H3,(H2,24,26). The Morgan fingerprint density at radius 2 is 2.03 bits per heavy atom. The smallest absolute Gasteiger partial charge is 0.357 e. The van der Waals surface area contributed by atoms with Gasteiger partial charge >= 0.3 is 5.69 Å². The first-order valence-electron chi connectivity index (χ1n) is 10.4. The Kier molecular flexibility index (Phi) is 5.27. The summed E-state index contributed by atoms with van der Waals surface area (Å²) in [5.74, 6) is 1.01. The number of aromatic nitrogens is 5. The van der Waals surface area contributed by atoms with Gasteiger partial charge in [0.25, 0.3) is 0 Å². The van der Waals surface area contributed by atoms with Gasteiger partial charge in [0.15, 0.2) is 5.65 Å². The van der Waals surface area contributed by atoms with Crippen molar-refractivity contribution in [2.24, 2.45) is 0 Å². The highest BCUT2D eigenvalue weighted by atomic mass is 16.5. The van der Waals surface area contributed by atoms with E-state index in [1.54, 1.807) is 18.3 Å². The van der Waals surface area contributed by atoms with Crippen molar-refractivity contribution in [3.05, 3.63) is 64.4 Å². The number of hydrogen-bond donors (Lipinski definition) is 2. The lowest BCUT2D eigenvalue weighted by molar-refractivity contribution is 0.265. The van der Waals surface area contributed by atoms with E-state index in [1.807, 2.05) is 30.3 Å². The molecule has 1 aliphatic rings. The van der Waals surface area contributed by atoms with Gasteiger partial charge < -0.3 is 20.3 Å². The number of nitrogens with two attached hydrogens (primary N) is 1. The number of aliphatic hydroxyl groups is 1. The van der Waals surface area contributed by atoms with E-state index in [4.69, 9.17) is 15.2 Å². The molecule has 1 aliphatic heterocycles. The molecule has 3 N–H and O–H groups in total. The first-order valence-corrected chi connectivity index (χ1v) is 10.4. The molecule has 1 aromatic carbocycles. The van der Waals surface area contributed by atoms with Gasteiger partial charge in [-0.1, -0.05) is 30.3 Å². The normalized spacial score (nSPS) is 14.7. The summed E-state index contributed by atoms with van der Waals surface area (Å²) in [6.45, 7) is 0.329. The van der Waals surface area contributed by atoms with Crippen LogP contribution in [0.1, 0.15) is 18.5 Å². The summed E-state index contributed by atoms with van der Waals surface area (Å²) in [6, 6.07) is 12.9. The summed E-state index contributed by atoms with van der Waals surface area (Å²) < 4.78 is 13.4. The van der Waals surface area contributed by atoms with E-state index >= 15 is 0 Å². The van der Waals surface area contributed by atoms with Gasteiger partial charge in [-0.3, -0.25) is 0 Å². The fourth-order valence-electron chi connectivity index (χ4n) is 3.88. The van der Waals surface area contributed by atoms with Gasteiger partial charge in [-0.15, -0.1) is 5.10 Å². The zero-order valence-corrected chi connectivity index (χ0v) is 17.9. The van der Waals surface area contributed by atoms with Crippen molar-refractivity contribution in [2.45, 2.75) is 19.4 Å². The summed E-state index contributed by atoms with van der Waals surface area (Å²) in [4.78, 5) is 22.0. The van der Waals surface area contributed by atoms with Crippen LogP contribution in [0.25, 0.3) is 34.2 Å². The third-order valence-corrected chi connectivity index (χ3v) is 5.40. The quantitative estimate of drug-likeness (QED) is 0.478. The first-order chi connectivity index (χ1) is 16.1. The predicted octanol–water partition coefficient (Wildman–Crippen LogP) is 2.31. The molecule has 0 atom stereocenters. The van der Waals surface area contributed by atoms with Crippen LogP contribution in [0, 0.1) is 0 Å². The van der Waals surface area contributed by atoms with Gasteiger partial charge in [-0.2, -0.15) is 4.68 Å². The molecule has 4 heterocycles. The number of allylic oxidation sites excluding steroid dienone is 1. The summed E-state index contributed by atoms with van der Waals surface area (Å²) in [6.07, 6.45) is 3.21. The molecule has 10 nitrogen and oxygen atoms in total. The van der Waals surface area contributed by atoms with E-state index < -0.39 is 5.69 Å². The molecule has 0 amide bonds. The van der Waals surface area contributed by atoms with Crippen molar-refractivity contribution in [2.75, 3.05) is 19.5 Å². The lowest BCUT2D eigenvalue weighted by atomic mass is 10.00. The van der Waals surface area contributed by atoms with Crippen LogP contribution in [0.3, 0.4) is 0 Å². The van der Waals surface area contributed by atoms with E-state index in [0.29, 0.717) is 46.4 Å². The number of nitrogen functional groups attached to an aromatic ring is 1. The molecule has 4 aromatic rings. The Labute approximate surface area is 188 Å². The van der Waals surface area contributed by atoms with Crippen molar-refractivity contribution < 1.29 is 14.6 Å². The second-order valence-corrected chi connectivity index (χ2v) is 7.54. The topological polar surface area (TPSA) is 130 Å². The maximum absolute atomic E-state index is 13.2. The van der Waals surface area contributed by atoms with Gasteiger partial charge in [0.1, 0.15) is 5.76 Å². The van der Waals surface area contributed by atoms with Crippen molar-refractivity contribution >= 4 is 17.8 Å². The van der Waals surface area contributed by atoms with Crippen LogP contribution in [0.15, 0.2) is 53.0 Å². The molecule has 0 unspecified atom stereocenters. The number of hydrogen-bond acceptors (Lipinski definition) is 8. The monoisotopic (exact) mass is 446 g/mol. The Morgan fingerprint density at radius 3 is 2.73 bits per heavy atom. The molecule has 0 bridgehead atoms. The molecule has 1 fully saturated rings. The minimum Gasteiger partial charge on any atom is -0.496 e. The first kappa shape index (κ1) is 20.7. The minimum absolute atomic E-state index is 0.0120. The number of methoxy groups -OCH3 is 1. The minimum atomic E-state index is -0.456. The second-order valence-electron chi connectivity index (χ2n) is 7.54. The van der Waals surface area contributed by atoms with E-state index in [1.165, 1.54) is 16.2 Å². The maximum Gasteiger partial charge on any atom is 0.357 e. The average molecular weight is 446 g/mol. The fraction of sp³-hybridized carbons (Fsp3) is 0.217. The predicted molar refractivity (Wildman–Crippen MR) is 122 cm³/mol. The number of anilines is 1. The summed E-state index contributed by atoms with van der Waals surface area (Å²) >= 11 is 0. The van der Waals surface area contributed by atoms with E-state index in [-0.39, 0.29) is 12.6 Å². The number of rotatable bonds is 5. The van der Waals surface area contributed by atoms with Crippen LogP contribution in [0.4, 0.5) is 5.95 Å². The highest BCUT2D eigenvalue weighted by Gasteiger charge is 2.22. The van der Waals surface area contributed by atoms with E-state index in [0.717, 1.165) is 18.4 Å². The van der Waals surface area contributed by atoms with E-state index in [9.17, 15) is 9.90 Å². The van der Waals surface area contributed by atoms with Crippen LogP contribution in [0.2, 0.25) is 0 Å². The molecule has 3 aromatic heterocycles. The fourth-order valence-corrected chi connectivity index (χ4v) is 3.88. The maximum atomic E-state index is 13.2. The lowest BCUT2D eigenvalue weighted by Gasteiger charge is -2.13. The Hall–Kier alpha value is -4.18. The number of ether oxygens (including phenoxy) is 2. The highest BCUT2D eigenvalue weighted by molar-refractivity contribution is 5.91. The van der Waals surface area contributed by atoms with Gasteiger partial charge in [0.05, 0.1) is 43.5 Å². The zero-order chi connectivity index (χ0) is 22.9. The van der Waals surface area contributed by atoms with Crippen LogP contribution in [0.5, 0.6) is 5.88 Å². The van der Waals surface area contributed by atoms with Crippen LogP contribution in [-0.2, 0) is 11.3 Å². The number of nitrogens with zero attached hydrogens (tertiary/aromatic N) is 5. The van der Waals surface area contributed by atoms with Gasteiger partial charge in [-0.25, -0.2) is 19.2 Å². The van der Waals surface area contributed by atoms with Crippen molar-refractivity contribution in [3.8, 4) is 28.3 Å². The molecule has 0 saturated carbocycles. The van der Waals surface area contributed by atoms with Crippen LogP contribution >= 0.6 is 0 Å². The summed E-state index contributed by atoms with van der Waals surface area (Å²) in [7, 11) is 1.50. The SMILES string of the molecule is COc1cc(-c2c(-c3ccccc3)nc(N)n3c(=O)n(C=C4CCCO4)nc23)cc(CO)n1. The third-order valence-electron chi connectivity index (χ3n) is 5.40. The van der Waals surface area contributed by atoms with E-state index in [2.05, 4.69) is 15.1 Å². The third kappa shape index (κ3) is 3.70. The molecule has 10 heteroatoms. The molecular weight excluding hydrogens is 424 g/mol. The highest BCUT2D eigenvalue weighted by Crippen LogP contribution is 2.35. The van der Waals surface area contributed by atoms with Gasteiger partial charge in [-0.05, 0) is 18.1 Å². The number of benzene rings is 1. The second kappa shape index (κ2) is 8.40. The Morgan fingerprint density at radius 1 is 1.21 bits per heavy atom. The Bertz CT molecular complexity index is 1390. The number of aliphatic hydroxyl groups excluding tert-OH is 1. The Balaban J connectivity index is 1.86. The molecule has 0 spiro atoms. The zero-order valence-electron chi connectivity index (χ0n) is 17.9. The van der Waals surface area contributed by atoms with Gasteiger partial charge in [0.2, 0.25) is 11.8 Å². The molecule has 0 aliphatic carbocycles. The molecule has 0 radical (unpaired) electrons. The molecule has 1 saturated heterocycles. The average Bonchev–Trinajstić information content (AvgIpc) is 3.47. The number of fused-ring (bicyclic) bond motifs is 1. The summed E-state index contributed by atoms with van der Waals surface area (Å²) in [5.41, 5.74) is 9.04. The van der Waals surface area contributed by atoms with Crippen molar-refractivity contribution in [3.63, 3.8) is 0 Å².